The molecule has 108 valence electrons. The smallest absolute Gasteiger partial charge is 0.236 e. The van der Waals surface area contributed by atoms with Gasteiger partial charge in [-0.05, 0) is 37.4 Å². The van der Waals surface area contributed by atoms with E-state index in [1.165, 1.54) is 36.8 Å². The van der Waals surface area contributed by atoms with Gasteiger partial charge in [-0.3, -0.25) is 0 Å². The fourth-order valence-electron chi connectivity index (χ4n) is 2.96. The van der Waals surface area contributed by atoms with E-state index in [-0.39, 0.29) is 0 Å². The summed E-state index contributed by atoms with van der Waals surface area (Å²) in [5.41, 5.74) is 2.89. The Bertz CT molecular complexity index is 572. The third-order valence-corrected chi connectivity index (χ3v) is 4.04. The number of nitrogens with one attached hydrogen (secondary N) is 1. The first kappa shape index (κ1) is 13.4. The highest BCUT2D eigenvalue weighted by Gasteiger charge is 2.19. The molecular weight excluding hydrogens is 252 g/mol. The van der Waals surface area contributed by atoms with E-state index in [4.69, 9.17) is 4.42 Å². The van der Waals surface area contributed by atoms with E-state index >= 15 is 0 Å². The van der Waals surface area contributed by atoms with Crippen LogP contribution < -0.4 is 5.32 Å². The largest absolute Gasteiger partial charge is 0.423 e. The zero-order valence-corrected chi connectivity index (χ0v) is 12.2. The second-order valence-electron chi connectivity index (χ2n) is 5.44. The molecule has 1 unspecified atom stereocenters. The molecule has 1 aliphatic rings. The van der Waals surface area contributed by atoms with Gasteiger partial charge in [0, 0.05) is 24.9 Å². The molecule has 5 nitrogen and oxygen atoms in total. The van der Waals surface area contributed by atoms with E-state index in [9.17, 15) is 0 Å². The summed E-state index contributed by atoms with van der Waals surface area (Å²) in [5, 5.41) is 11.5. The van der Waals surface area contributed by atoms with E-state index in [0.29, 0.717) is 24.4 Å². The first-order chi connectivity index (χ1) is 9.80. The van der Waals surface area contributed by atoms with Gasteiger partial charge in [-0.15, -0.1) is 10.2 Å². The SMILES string of the molecule is CCc1nnc(Cn2cc3c(c2)C(NC)CCCC3)o1. The second kappa shape index (κ2) is 5.79. The van der Waals surface area contributed by atoms with E-state index in [2.05, 4.69) is 32.5 Å². The molecule has 0 radical (unpaired) electrons. The molecule has 0 aromatic carbocycles. The van der Waals surface area contributed by atoms with Gasteiger partial charge >= 0.3 is 0 Å². The number of hydrogen-bond acceptors (Lipinski definition) is 4. The minimum atomic E-state index is 0.475. The Morgan fingerprint density at radius 1 is 1.30 bits per heavy atom. The van der Waals surface area contributed by atoms with Crippen LogP contribution in [0.3, 0.4) is 0 Å². The molecule has 1 N–H and O–H groups in total. The summed E-state index contributed by atoms with van der Waals surface area (Å²) >= 11 is 0. The summed E-state index contributed by atoms with van der Waals surface area (Å²) in [6.07, 6.45) is 10.2. The zero-order valence-electron chi connectivity index (χ0n) is 12.2. The molecule has 2 aromatic heterocycles. The highest BCUT2D eigenvalue weighted by atomic mass is 16.4. The molecule has 0 spiro atoms. The summed E-state index contributed by atoms with van der Waals surface area (Å²) in [4.78, 5) is 0. The highest BCUT2D eigenvalue weighted by molar-refractivity contribution is 5.29. The molecule has 3 rings (SSSR count). The van der Waals surface area contributed by atoms with Crippen LogP contribution in [0.25, 0.3) is 0 Å². The van der Waals surface area contributed by atoms with Crippen LogP contribution in [0, 0.1) is 0 Å². The molecule has 0 fully saturated rings. The van der Waals surface area contributed by atoms with Crippen LogP contribution in [-0.2, 0) is 19.4 Å². The summed E-state index contributed by atoms with van der Waals surface area (Å²) in [6.45, 7) is 2.68. The Morgan fingerprint density at radius 3 is 2.90 bits per heavy atom. The molecule has 0 amide bonds. The predicted octanol–water partition coefficient (Wildman–Crippen LogP) is 2.47. The molecule has 0 bridgehead atoms. The molecule has 1 atom stereocenters. The van der Waals surface area contributed by atoms with Crippen molar-refractivity contribution in [2.75, 3.05) is 7.05 Å². The zero-order chi connectivity index (χ0) is 13.9. The molecule has 20 heavy (non-hydrogen) atoms. The quantitative estimate of drug-likeness (QED) is 0.870. The molecule has 2 aromatic rings. The lowest BCUT2D eigenvalue weighted by atomic mass is 10.1. The maximum absolute atomic E-state index is 5.59. The fraction of sp³-hybridized carbons (Fsp3) is 0.600. The fourth-order valence-corrected chi connectivity index (χ4v) is 2.96. The van der Waals surface area contributed by atoms with Gasteiger partial charge in [-0.1, -0.05) is 13.3 Å². The van der Waals surface area contributed by atoms with Gasteiger partial charge in [-0.25, -0.2) is 0 Å². The van der Waals surface area contributed by atoms with Crippen molar-refractivity contribution in [1.29, 1.82) is 0 Å². The normalized spacial score (nSPS) is 18.8. The molecule has 5 heteroatoms. The summed E-state index contributed by atoms with van der Waals surface area (Å²) in [5.74, 6) is 1.40. The van der Waals surface area contributed by atoms with Gasteiger partial charge in [-0.2, -0.15) is 0 Å². The van der Waals surface area contributed by atoms with Crippen LogP contribution in [0.4, 0.5) is 0 Å². The van der Waals surface area contributed by atoms with Crippen LogP contribution in [0.1, 0.15) is 55.1 Å². The van der Waals surface area contributed by atoms with Gasteiger partial charge in [0.05, 0.1) is 0 Å². The lowest BCUT2D eigenvalue weighted by molar-refractivity contribution is 0.442. The third kappa shape index (κ3) is 2.63. The molecule has 0 saturated carbocycles. The van der Waals surface area contributed by atoms with Crippen LogP contribution >= 0.6 is 0 Å². The first-order valence-electron chi connectivity index (χ1n) is 7.47. The van der Waals surface area contributed by atoms with E-state index in [1.807, 2.05) is 14.0 Å². The summed E-state index contributed by atoms with van der Waals surface area (Å²) in [6, 6.07) is 0.475. The average molecular weight is 274 g/mol. The maximum Gasteiger partial charge on any atom is 0.236 e. The van der Waals surface area contributed by atoms with Gasteiger partial charge < -0.3 is 14.3 Å². The van der Waals surface area contributed by atoms with Crippen molar-refractivity contribution >= 4 is 0 Å². The minimum Gasteiger partial charge on any atom is -0.423 e. The highest BCUT2D eigenvalue weighted by Crippen LogP contribution is 2.29. The topological polar surface area (TPSA) is 55.9 Å². The van der Waals surface area contributed by atoms with Crippen molar-refractivity contribution in [3.63, 3.8) is 0 Å². The number of fused-ring (bicyclic) bond motifs is 1. The molecule has 1 aliphatic carbocycles. The Labute approximate surface area is 119 Å². The Morgan fingerprint density at radius 2 is 2.15 bits per heavy atom. The van der Waals surface area contributed by atoms with Crippen molar-refractivity contribution in [3.8, 4) is 0 Å². The lowest BCUT2D eigenvalue weighted by Gasteiger charge is -2.13. The standard InChI is InChI=1S/C15H22N4O/c1-3-14-17-18-15(20-14)10-19-8-11-6-4-5-7-13(16-2)12(11)9-19/h8-9,13,16H,3-7,10H2,1-2H3. The van der Waals surface area contributed by atoms with Crippen LogP contribution in [0.5, 0.6) is 0 Å². The van der Waals surface area contributed by atoms with Crippen LogP contribution in [0.2, 0.25) is 0 Å². The number of aryl methyl sites for hydroxylation is 2. The Balaban J connectivity index is 1.81. The molecule has 2 heterocycles. The third-order valence-electron chi connectivity index (χ3n) is 4.04. The maximum atomic E-state index is 5.59. The Kier molecular flexibility index (Phi) is 3.87. The van der Waals surface area contributed by atoms with Gasteiger partial charge in [0.15, 0.2) is 0 Å². The van der Waals surface area contributed by atoms with E-state index in [0.717, 1.165) is 6.42 Å². The van der Waals surface area contributed by atoms with Crippen molar-refractivity contribution in [3.05, 3.63) is 35.3 Å². The molecular formula is C15H22N4O. The molecule has 0 aliphatic heterocycles. The van der Waals surface area contributed by atoms with Gasteiger partial charge in [0.2, 0.25) is 11.8 Å². The number of hydrogen-bond donors (Lipinski definition) is 1. The Hall–Kier alpha value is -1.62. The number of nitrogens with zero attached hydrogens (tertiary/aromatic N) is 3. The predicted molar refractivity (Wildman–Crippen MR) is 76.6 cm³/mol. The van der Waals surface area contributed by atoms with Crippen LogP contribution in [0.15, 0.2) is 16.8 Å². The number of rotatable bonds is 4. The summed E-state index contributed by atoms with van der Waals surface area (Å²) < 4.78 is 7.76. The number of aromatic nitrogens is 3. The van der Waals surface area contributed by atoms with Gasteiger partial charge in [0.1, 0.15) is 6.54 Å². The average Bonchev–Trinajstić information content (AvgIpc) is 3.02. The monoisotopic (exact) mass is 274 g/mol. The van der Waals surface area contributed by atoms with Crippen molar-refractivity contribution in [2.45, 2.75) is 51.6 Å². The summed E-state index contributed by atoms with van der Waals surface area (Å²) in [7, 11) is 2.04. The lowest BCUT2D eigenvalue weighted by Crippen LogP contribution is -2.15. The van der Waals surface area contributed by atoms with Gasteiger partial charge in [0.25, 0.3) is 0 Å². The van der Waals surface area contributed by atoms with Crippen molar-refractivity contribution in [2.24, 2.45) is 0 Å². The van der Waals surface area contributed by atoms with Crippen molar-refractivity contribution in [1.82, 2.24) is 20.1 Å². The second-order valence-corrected chi connectivity index (χ2v) is 5.44. The first-order valence-corrected chi connectivity index (χ1v) is 7.47. The van der Waals surface area contributed by atoms with E-state index in [1.54, 1.807) is 0 Å². The molecule has 0 saturated heterocycles. The minimum absolute atomic E-state index is 0.475. The van der Waals surface area contributed by atoms with E-state index < -0.39 is 0 Å². The van der Waals surface area contributed by atoms with Crippen LogP contribution in [-0.4, -0.2) is 21.8 Å². The van der Waals surface area contributed by atoms with Crippen molar-refractivity contribution < 1.29 is 4.42 Å².